The van der Waals surface area contributed by atoms with Gasteiger partial charge in [0.2, 0.25) is 5.91 Å². The van der Waals surface area contributed by atoms with Gasteiger partial charge in [0.05, 0.1) is 0 Å². The highest BCUT2D eigenvalue weighted by Crippen LogP contribution is 2.31. The number of nitrogens with one attached hydrogen (secondary N) is 3. The summed E-state index contributed by atoms with van der Waals surface area (Å²) < 4.78 is 0. The smallest absolute Gasteiger partial charge is 0.225 e. The van der Waals surface area contributed by atoms with Crippen molar-refractivity contribution in [1.29, 1.82) is 0 Å². The summed E-state index contributed by atoms with van der Waals surface area (Å²) in [6, 6.07) is 8.05. The number of nitrogens with zero attached hydrogens (tertiary/aromatic N) is 2. The van der Waals surface area contributed by atoms with Gasteiger partial charge in [0.25, 0.3) is 0 Å². The maximum Gasteiger partial charge on any atom is 0.225 e. The summed E-state index contributed by atoms with van der Waals surface area (Å²) in [5.41, 5.74) is 2.13. The van der Waals surface area contributed by atoms with Crippen LogP contribution in [0.1, 0.15) is 56.4 Å². The van der Waals surface area contributed by atoms with Crippen molar-refractivity contribution in [2.45, 2.75) is 50.9 Å². The number of benzene rings is 1. The predicted molar refractivity (Wildman–Crippen MR) is 116 cm³/mol. The molecule has 28 heavy (non-hydrogen) atoms. The first-order valence-corrected chi connectivity index (χ1v) is 10.8. The number of fused-ring (bicyclic) bond motifs is 1. The maximum absolute atomic E-state index is 11.9. The monoisotopic (exact) mass is 385 g/mol. The molecule has 1 saturated heterocycles. The van der Waals surface area contributed by atoms with E-state index >= 15 is 0 Å². The zero-order chi connectivity index (χ0) is 19.6. The standard InChI is InChI=1S/C22H35N5O/c1-23-22(24-12-6-2-7-13-27-14-8-3-9-15-27)25-17-18-16-21(28)26-20-11-5-4-10-19(18)20/h4-5,10-11,18H,2-3,6-9,12-17H2,1H3,(H,26,28)(H2,23,24,25). The molecule has 3 rings (SSSR count). The molecular weight excluding hydrogens is 350 g/mol. The van der Waals surface area contributed by atoms with Crippen LogP contribution < -0.4 is 16.0 Å². The van der Waals surface area contributed by atoms with Crippen molar-refractivity contribution < 1.29 is 4.79 Å². The zero-order valence-electron chi connectivity index (χ0n) is 17.2. The number of guanidine groups is 1. The average molecular weight is 386 g/mol. The van der Waals surface area contributed by atoms with Gasteiger partial charge in [-0.15, -0.1) is 0 Å². The molecule has 0 bridgehead atoms. The number of para-hydroxylation sites is 1. The minimum Gasteiger partial charge on any atom is -0.356 e. The van der Waals surface area contributed by atoms with E-state index in [1.165, 1.54) is 57.3 Å². The largest absolute Gasteiger partial charge is 0.356 e. The molecule has 1 aromatic carbocycles. The van der Waals surface area contributed by atoms with E-state index in [0.717, 1.165) is 24.6 Å². The van der Waals surface area contributed by atoms with Crippen molar-refractivity contribution >= 4 is 17.6 Å². The number of carbonyl (C=O) groups is 1. The molecule has 1 aromatic rings. The third-order valence-corrected chi connectivity index (χ3v) is 5.74. The Bertz CT molecular complexity index is 654. The molecule has 154 valence electrons. The molecule has 6 heteroatoms. The number of aliphatic imine (C=N–C) groups is 1. The van der Waals surface area contributed by atoms with E-state index in [1.54, 1.807) is 7.05 Å². The van der Waals surface area contributed by atoms with Crippen LogP contribution in [0.3, 0.4) is 0 Å². The molecule has 0 spiro atoms. The minimum absolute atomic E-state index is 0.0853. The van der Waals surface area contributed by atoms with Gasteiger partial charge in [0.1, 0.15) is 0 Å². The van der Waals surface area contributed by atoms with E-state index in [1.807, 2.05) is 18.2 Å². The molecule has 2 aliphatic heterocycles. The van der Waals surface area contributed by atoms with Gasteiger partial charge >= 0.3 is 0 Å². The van der Waals surface area contributed by atoms with Gasteiger partial charge in [-0.25, -0.2) is 0 Å². The summed E-state index contributed by atoms with van der Waals surface area (Å²) in [4.78, 5) is 18.9. The van der Waals surface area contributed by atoms with Crippen molar-refractivity contribution in [1.82, 2.24) is 15.5 Å². The van der Waals surface area contributed by atoms with Crippen LogP contribution in [-0.4, -0.2) is 56.5 Å². The molecular formula is C22H35N5O. The van der Waals surface area contributed by atoms with E-state index in [0.29, 0.717) is 13.0 Å². The number of hydrogen-bond donors (Lipinski definition) is 3. The Morgan fingerprint density at radius 3 is 2.79 bits per heavy atom. The van der Waals surface area contributed by atoms with Gasteiger partial charge < -0.3 is 20.9 Å². The Balaban J connectivity index is 1.33. The summed E-state index contributed by atoms with van der Waals surface area (Å²) in [6.45, 7) is 5.46. The van der Waals surface area contributed by atoms with Gasteiger partial charge in [0, 0.05) is 38.2 Å². The Kier molecular flexibility index (Phi) is 8.15. The van der Waals surface area contributed by atoms with Crippen LogP contribution in [0, 0.1) is 0 Å². The van der Waals surface area contributed by atoms with Crippen molar-refractivity contribution in [2.24, 2.45) is 4.99 Å². The number of piperidine rings is 1. The van der Waals surface area contributed by atoms with Crippen LogP contribution in [0.25, 0.3) is 0 Å². The second kappa shape index (κ2) is 11.1. The number of carbonyl (C=O) groups excluding carboxylic acids is 1. The lowest BCUT2D eigenvalue weighted by atomic mass is 9.90. The summed E-state index contributed by atoms with van der Waals surface area (Å²) >= 11 is 0. The molecule has 3 N–H and O–H groups in total. The summed E-state index contributed by atoms with van der Waals surface area (Å²) in [5, 5.41) is 9.75. The quantitative estimate of drug-likeness (QED) is 0.366. The maximum atomic E-state index is 11.9. The molecule has 2 heterocycles. The highest BCUT2D eigenvalue weighted by molar-refractivity contribution is 5.94. The van der Waals surface area contributed by atoms with Gasteiger partial charge in [-0.2, -0.15) is 0 Å². The minimum atomic E-state index is 0.0853. The molecule has 2 aliphatic rings. The fraction of sp³-hybridized carbons (Fsp3) is 0.636. The Hall–Kier alpha value is -2.08. The Morgan fingerprint density at radius 2 is 1.96 bits per heavy atom. The van der Waals surface area contributed by atoms with Crippen LogP contribution in [0.4, 0.5) is 5.69 Å². The van der Waals surface area contributed by atoms with Gasteiger partial charge in [-0.05, 0) is 56.9 Å². The van der Waals surface area contributed by atoms with Crippen LogP contribution in [0.15, 0.2) is 29.3 Å². The molecule has 0 aromatic heterocycles. The second-order valence-corrected chi connectivity index (χ2v) is 7.88. The predicted octanol–water partition coefficient (Wildman–Crippen LogP) is 2.93. The first kappa shape index (κ1) is 20.6. The zero-order valence-corrected chi connectivity index (χ0v) is 17.2. The molecule has 1 unspecified atom stereocenters. The van der Waals surface area contributed by atoms with E-state index < -0.39 is 0 Å². The summed E-state index contributed by atoms with van der Waals surface area (Å²) in [7, 11) is 1.80. The fourth-order valence-corrected chi connectivity index (χ4v) is 4.15. The van der Waals surface area contributed by atoms with Gasteiger partial charge in [-0.3, -0.25) is 9.79 Å². The lowest BCUT2D eigenvalue weighted by molar-refractivity contribution is -0.116. The highest BCUT2D eigenvalue weighted by Gasteiger charge is 2.24. The van der Waals surface area contributed by atoms with Crippen molar-refractivity contribution in [3.63, 3.8) is 0 Å². The first-order valence-electron chi connectivity index (χ1n) is 10.8. The lowest BCUT2D eigenvalue weighted by Gasteiger charge is -2.26. The third-order valence-electron chi connectivity index (χ3n) is 5.74. The third kappa shape index (κ3) is 6.23. The number of likely N-dealkylation sites (tertiary alicyclic amines) is 1. The molecule has 0 radical (unpaired) electrons. The van der Waals surface area contributed by atoms with E-state index in [-0.39, 0.29) is 11.8 Å². The highest BCUT2D eigenvalue weighted by atomic mass is 16.1. The molecule has 1 amide bonds. The van der Waals surface area contributed by atoms with Crippen LogP contribution >= 0.6 is 0 Å². The number of anilines is 1. The topological polar surface area (TPSA) is 68.8 Å². The van der Waals surface area contributed by atoms with Gasteiger partial charge in [0.15, 0.2) is 5.96 Å². The van der Waals surface area contributed by atoms with E-state index in [2.05, 4.69) is 31.9 Å². The molecule has 0 saturated carbocycles. The van der Waals surface area contributed by atoms with Crippen molar-refractivity contribution in [3.8, 4) is 0 Å². The summed E-state index contributed by atoms with van der Waals surface area (Å²) in [5.74, 6) is 1.08. The first-order chi connectivity index (χ1) is 13.8. The SMILES string of the molecule is CN=C(NCCCCCN1CCCCC1)NCC1CC(=O)Nc2ccccc21. The molecule has 1 fully saturated rings. The Labute approximate surface area is 169 Å². The molecule has 1 atom stereocenters. The van der Waals surface area contributed by atoms with E-state index in [9.17, 15) is 4.79 Å². The van der Waals surface area contributed by atoms with Crippen LogP contribution in [0.5, 0.6) is 0 Å². The number of unbranched alkanes of at least 4 members (excludes halogenated alkanes) is 2. The second-order valence-electron chi connectivity index (χ2n) is 7.88. The van der Waals surface area contributed by atoms with Crippen LogP contribution in [0.2, 0.25) is 0 Å². The number of rotatable bonds is 8. The van der Waals surface area contributed by atoms with Gasteiger partial charge in [-0.1, -0.05) is 31.0 Å². The fourth-order valence-electron chi connectivity index (χ4n) is 4.15. The number of hydrogen-bond acceptors (Lipinski definition) is 3. The summed E-state index contributed by atoms with van der Waals surface area (Å²) in [6.07, 6.45) is 8.34. The van der Waals surface area contributed by atoms with E-state index in [4.69, 9.17) is 0 Å². The lowest BCUT2D eigenvalue weighted by Crippen LogP contribution is -2.41. The van der Waals surface area contributed by atoms with Crippen molar-refractivity contribution in [2.75, 3.05) is 45.1 Å². The van der Waals surface area contributed by atoms with Crippen LogP contribution in [-0.2, 0) is 4.79 Å². The Morgan fingerprint density at radius 1 is 1.14 bits per heavy atom. The molecule has 0 aliphatic carbocycles. The normalized spacial score (nSPS) is 20.4. The average Bonchev–Trinajstić information content (AvgIpc) is 2.73. The molecule has 6 nitrogen and oxygen atoms in total. The van der Waals surface area contributed by atoms with Crippen molar-refractivity contribution in [3.05, 3.63) is 29.8 Å². The number of amides is 1.